The van der Waals surface area contributed by atoms with Crippen LogP contribution in [0.2, 0.25) is 0 Å². The maximum atomic E-state index is 11.6. The highest BCUT2D eigenvalue weighted by molar-refractivity contribution is 5.87. The van der Waals surface area contributed by atoms with Gasteiger partial charge >= 0.3 is 5.97 Å². The van der Waals surface area contributed by atoms with E-state index in [4.69, 9.17) is 13.9 Å². The second-order valence-electron chi connectivity index (χ2n) is 8.15. The second kappa shape index (κ2) is 10.9. The summed E-state index contributed by atoms with van der Waals surface area (Å²) in [5, 5.41) is 4.63. The van der Waals surface area contributed by atoms with Gasteiger partial charge in [-0.05, 0) is 63.6 Å². The maximum Gasteiger partial charge on any atom is 0.330 e. The van der Waals surface area contributed by atoms with Crippen molar-refractivity contribution in [1.29, 1.82) is 0 Å². The van der Waals surface area contributed by atoms with Crippen molar-refractivity contribution in [2.45, 2.75) is 40.8 Å². The van der Waals surface area contributed by atoms with Crippen molar-refractivity contribution in [3.05, 3.63) is 94.6 Å². The van der Waals surface area contributed by atoms with Gasteiger partial charge in [0.1, 0.15) is 23.8 Å². The van der Waals surface area contributed by atoms with Gasteiger partial charge in [0.25, 0.3) is 0 Å². The minimum atomic E-state index is -0.355. The Labute approximate surface area is 205 Å². The quantitative estimate of drug-likeness (QED) is 0.231. The van der Waals surface area contributed by atoms with E-state index in [0.29, 0.717) is 25.6 Å². The lowest BCUT2D eigenvalue weighted by Gasteiger charge is -2.08. The summed E-state index contributed by atoms with van der Waals surface area (Å²) in [6, 6.07) is 17.7. The van der Waals surface area contributed by atoms with Gasteiger partial charge in [-0.25, -0.2) is 9.78 Å². The standard InChI is InChI=1S/C28H29N3O4/c1-5-33-27(32)16-15-25-19(2)30-31(20(25)3)17-22-11-13-24(14-12-22)34-18-26-21(4)35-28(29-26)23-9-7-6-8-10-23/h6-16H,5,17-18H2,1-4H3/b16-15+. The van der Waals surface area contributed by atoms with E-state index in [9.17, 15) is 4.79 Å². The van der Waals surface area contributed by atoms with E-state index >= 15 is 0 Å². The zero-order valence-corrected chi connectivity index (χ0v) is 20.4. The molecule has 0 aliphatic heterocycles. The van der Waals surface area contributed by atoms with Gasteiger partial charge < -0.3 is 13.9 Å². The maximum absolute atomic E-state index is 11.6. The molecule has 7 heteroatoms. The predicted octanol–water partition coefficient (Wildman–Crippen LogP) is 5.67. The van der Waals surface area contributed by atoms with E-state index in [1.165, 1.54) is 6.08 Å². The van der Waals surface area contributed by atoms with Crippen LogP contribution in [-0.4, -0.2) is 27.3 Å². The third kappa shape index (κ3) is 5.87. The Kier molecular flexibility index (Phi) is 7.45. The predicted molar refractivity (Wildman–Crippen MR) is 134 cm³/mol. The third-order valence-electron chi connectivity index (χ3n) is 5.65. The van der Waals surface area contributed by atoms with Gasteiger partial charge in [-0.15, -0.1) is 0 Å². The summed E-state index contributed by atoms with van der Waals surface area (Å²) in [4.78, 5) is 16.2. The van der Waals surface area contributed by atoms with E-state index in [1.807, 2.05) is 80.1 Å². The molecule has 0 N–H and O–H groups in total. The van der Waals surface area contributed by atoms with Gasteiger partial charge in [0, 0.05) is 22.9 Å². The monoisotopic (exact) mass is 471 g/mol. The van der Waals surface area contributed by atoms with E-state index in [1.54, 1.807) is 13.0 Å². The Balaban J connectivity index is 1.38. The molecule has 2 aromatic heterocycles. The summed E-state index contributed by atoms with van der Waals surface area (Å²) in [7, 11) is 0. The summed E-state index contributed by atoms with van der Waals surface area (Å²) < 4.78 is 18.6. The molecule has 0 fully saturated rings. The number of aromatic nitrogens is 3. The number of hydrogen-bond donors (Lipinski definition) is 0. The molecule has 2 heterocycles. The Morgan fingerprint density at radius 2 is 1.80 bits per heavy atom. The molecule has 35 heavy (non-hydrogen) atoms. The van der Waals surface area contributed by atoms with E-state index < -0.39 is 0 Å². The lowest BCUT2D eigenvalue weighted by Crippen LogP contribution is -2.04. The van der Waals surface area contributed by atoms with Gasteiger partial charge in [-0.1, -0.05) is 30.3 Å². The lowest BCUT2D eigenvalue weighted by atomic mass is 10.1. The summed E-state index contributed by atoms with van der Waals surface area (Å²) in [5.41, 5.74) is 5.58. The number of esters is 1. The molecule has 0 amide bonds. The summed E-state index contributed by atoms with van der Waals surface area (Å²) >= 11 is 0. The highest BCUT2D eigenvalue weighted by Crippen LogP contribution is 2.23. The molecule has 0 aliphatic rings. The van der Waals surface area contributed by atoms with E-state index in [2.05, 4.69) is 10.1 Å². The van der Waals surface area contributed by atoms with Gasteiger partial charge in [-0.2, -0.15) is 5.10 Å². The third-order valence-corrected chi connectivity index (χ3v) is 5.65. The van der Waals surface area contributed by atoms with Crippen LogP contribution in [0.5, 0.6) is 5.75 Å². The molecule has 2 aromatic carbocycles. The second-order valence-corrected chi connectivity index (χ2v) is 8.15. The Morgan fingerprint density at radius 3 is 2.51 bits per heavy atom. The number of rotatable bonds is 9. The van der Waals surface area contributed by atoms with Crippen LogP contribution in [0.3, 0.4) is 0 Å². The SMILES string of the molecule is CCOC(=O)/C=C/c1c(C)nn(Cc2ccc(OCc3nc(-c4ccccc4)oc3C)cc2)c1C. The highest BCUT2D eigenvalue weighted by Gasteiger charge is 2.13. The van der Waals surface area contributed by atoms with Crippen molar-refractivity contribution in [2.75, 3.05) is 6.61 Å². The van der Waals surface area contributed by atoms with Crippen LogP contribution in [0.25, 0.3) is 17.5 Å². The van der Waals surface area contributed by atoms with Crippen molar-refractivity contribution in [3.63, 3.8) is 0 Å². The number of benzene rings is 2. The molecule has 0 radical (unpaired) electrons. The number of hydrogen-bond acceptors (Lipinski definition) is 6. The van der Waals surface area contributed by atoms with Gasteiger partial charge in [-0.3, -0.25) is 4.68 Å². The molecule has 0 saturated heterocycles. The Morgan fingerprint density at radius 1 is 1.06 bits per heavy atom. The van der Waals surface area contributed by atoms with Crippen molar-refractivity contribution >= 4 is 12.0 Å². The fourth-order valence-electron chi connectivity index (χ4n) is 3.73. The Bertz CT molecular complexity index is 1320. The summed E-state index contributed by atoms with van der Waals surface area (Å²) in [6.45, 7) is 8.90. The largest absolute Gasteiger partial charge is 0.487 e. The molecule has 7 nitrogen and oxygen atoms in total. The fourth-order valence-corrected chi connectivity index (χ4v) is 3.73. The van der Waals surface area contributed by atoms with E-state index in [0.717, 1.165) is 45.3 Å². The number of nitrogens with zero attached hydrogens (tertiary/aromatic N) is 3. The van der Waals surface area contributed by atoms with Crippen LogP contribution in [-0.2, 0) is 22.7 Å². The van der Waals surface area contributed by atoms with Crippen molar-refractivity contribution < 1.29 is 18.7 Å². The molecule has 0 bridgehead atoms. The minimum Gasteiger partial charge on any atom is -0.487 e. The summed E-state index contributed by atoms with van der Waals surface area (Å²) in [5.74, 6) is 1.74. The normalized spacial score (nSPS) is 11.2. The molecule has 0 saturated carbocycles. The van der Waals surface area contributed by atoms with Crippen molar-refractivity contribution in [1.82, 2.24) is 14.8 Å². The molecule has 4 aromatic rings. The first kappa shape index (κ1) is 24.0. The molecule has 0 unspecified atom stereocenters. The molecule has 0 spiro atoms. The van der Waals surface area contributed by atoms with E-state index in [-0.39, 0.29) is 5.97 Å². The molecule has 0 atom stereocenters. The number of ether oxygens (including phenoxy) is 2. The molecular weight excluding hydrogens is 442 g/mol. The average Bonchev–Trinajstić information content (AvgIpc) is 3.36. The minimum absolute atomic E-state index is 0.329. The zero-order valence-electron chi connectivity index (χ0n) is 20.4. The average molecular weight is 472 g/mol. The molecule has 0 aliphatic carbocycles. The topological polar surface area (TPSA) is 79.4 Å². The van der Waals surface area contributed by atoms with Crippen molar-refractivity contribution in [3.8, 4) is 17.2 Å². The van der Waals surface area contributed by atoms with Gasteiger partial charge in [0.05, 0.1) is 18.8 Å². The fraction of sp³-hybridized carbons (Fsp3) is 0.250. The molecule has 4 rings (SSSR count). The van der Waals surface area contributed by atoms with Gasteiger partial charge in [0.2, 0.25) is 5.89 Å². The lowest BCUT2D eigenvalue weighted by molar-refractivity contribution is -0.137. The first-order chi connectivity index (χ1) is 16.9. The highest BCUT2D eigenvalue weighted by atomic mass is 16.5. The van der Waals surface area contributed by atoms with Crippen LogP contribution in [0.1, 0.15) is 40.9 Å². The number of carbonyl (C=O) groups is 1. The van der Waals surface area contributed by atoms with Crippen molar-refractivity contribution in [2.24, 2.45) is 0 Å². The van der Waals surface area contributed by atoms with Crippen LogP contribution < -0.4 is 4.74 Å². The van der Waals surface area contributed by atoms with Crippen LogP contribution in [0, 0.1) is 20.8 Å². The smallest absolute Gasteiger partial charge is 0.330 e. The first-order valence-corrected chi connectivity index (χ1v) is 11.6. The number of aryl methyl sites for hydroxylation is 2. The number of carbonyl (C=O) groups excluding carboxylic acids is 1. The number of oxazole rings is 1. The summed E-state index contributed by atoms with van der Waals surface area (Å²) in [6.07, 6.45) is 3.20. The molecular formula is C28H29N3O4. The van der Waals surface area contributed by atoms with Gasteiger partial charge in [0.15, 0.2) is 0 Å². The van der Waals surface area contributed by atoms with Crippen LogP contribution >= 0.6 is 0 Å². The van der Waals surface area contributed by atoms with Crippen LogP contribution in [0.4, 0.5) is 0 Å². The zero-order chi connectivity index (χ0) is 24.8. The van der Waals surface area contributed by atoms with Crippen LogP contribution in [0.15, 0.2) is 65.1 Å². The Hall–Kier alpha value is -4.13. The molecule has 180 valence electrons. The first-order valence-electron chi connectivity index (χ1n) is 11.6.